The zero-order chi connectivity index (χ0) is 16.4. The summed E-state index contributed by atoms with van der Waals surface area (Å²) in [5, 5.41) is 0. The molecular formula is C16H27NO3SSi. The average molecular weight is 342 g/mol. The lowest BCUT2D eigenvalue weighted by Crippen LogP contribution is -2.49. The van der Waals surface area contributed by atoms with Crippen molar-refractivity contribution in [3.8, 4) is 0 Å². The molecule has 1 saturated heterocycles. The van der Waals surface area contributed by atoms with E-state index in [0.29, 0.717) is 13.2 Å². The quantitative estimate of drug-likeness (QED) is 0.773. The summed E-state index contributed by atoms with van der Waals surface area (Å²) in [6, 6.07) is 10.5. The SMILES string of the molecule is C[C@@H]1[C@H](c2ccccc2)OCCN1S(=O)(=O)CC[Si](C)(C)C. The maximum absolute atomic E-state index is 12.7. The molecule has 0 aliphatic carbocycles. The number of morpholine rings is 1. The zero-order valence-corrected chi connectivity index (χ0v) is 15.8. The van der Waals surface area contributed by atoms with E-state index in [1.54, 1.807) is 4.31 Å². The number of rotatable bonds is 5. The minimum absolute atomic E-state index is 0.164. The summed E-state index contributed by atoms with van der Waals surface area (Å²) in [6.07, 6.45) is -0.184. The molecule has 2 rings (SSSR count). The summed E-state index contributed by atoms with van der Waals surface area (Å²) < 4.78 is 32.9. The summed E-state index contributed by atoms with van der Waals surface area (Å²) in [4.78, 5) is 0. The van der Waals surface area contributed by atoms with Crippen molar-refractivity contribution in [2.45, 2.75) is 44.8 Å². The van der Waals surface area contributed by atoms with Gasteiger partial charge in [-0.15, -0.1) is 0 Å². The van der Waals surface area contributed by atoms with Crippen molar-refractivity contribution in [3.63, 3.8) is 0 Å². The van der Waals surface area contributed by atoms with Gasteiger partial charge in [-0.05, 0) is 18.5 Å². The molecule has 124 valence electrons. The van der Waals surface area contributed by atoms with E-state index in [1.807, 2.05) is 37.3 Å². The van der Waals surface area contributed by atoms with Gasteiger partial charge >= 0.3 is 0 Å². The third-order valence-corrected chi connectivity index (χ3v) is 8.16. The summed E-state index contributed by atoms with van der Waals surface area (Å²) in [5.74, 6) is 0.259. The van der Waals surface area contributed by atoms with Gasteiger partial charge in [0.15, 0.2) is 0 Å². The van der Waals surface area contributed by atoms with Crippen molar-refractivity contribution in [3.05, 3.63) is 35.9 Å². The van der Waals surface area contributed by atoms with Gasteiger partial charge in [-0.25, -0.2) is 8.42 Å². The summed E-state index contributed by atoms with van der Waals surface area (Å²) in [6.45, 7) is 9.48. The monoisotopic (exact) mass is 341 g/mol. The van der Waals surface area contributed by atoms with Crippen molar-refractivity contribution in [2.75, 3.05) is 18.9 Å². The van der Waals surface area contributed by atoms with Crippen LogP contribution in [0.1, 0.15) is 18.6 Å². The Kier molecular flexibility index (Phi) is 5.48. The van der Waals surface area contributed by atoms with Crippen LogP contribution >= 0.6 is 0 Å². The molecule has 4 nitrogen and oxygen atoms in total. The van der Waals surface area contributed by atoms with E-state index in [0.717, 1.165) is 11.6 Å². The van der Waals surface area contributed by atoms with Crippen molar-refractivity contribution < 1.29 is 13.2 Å². The van der Waals surface area contributed by atoms with Gasteiger partial charge in [-0.2, -0.15) is 4.31 Å². The predicted molar refractivity (Wildman–Crippen MR) is 93.2 cm³/mol. The van der Waals surface area contributed by atoms with Gasteiger partial charge in [0.1, 0.15) is 0 Å². The van der Waals surface area contributed by atoms with Crippen molar-refractivity contribution in [2.24, 2.45) is 0 Å². The molecule has 0 aromatic heterocycles. The topological polar surface area (TPSA) is 46.6 Å². The highest BCUT2D eigenvalue weighted by molar-refractivity contribution is 7.89. The molecule has 0 saturated carbocycles. The first-order valence-corrected chi connectivity index (χ1v) is 13.2. The first-order chi connectivity index (χ1) is 10.2. The number of hydrogen-bond donors (Lipinski definition) is 0. The molecule has 1 aromatic rings. The van der Waals surface area contributed by atoms with Crippen molar-refractivity contribution in [1.82, 2.24) is 4.31 Å². The van der Waals surface area contributed by atoms with Crippen LogP contribution in [0.5, 0.6) is 0 Å². The summed E-state index contributed by atoms with van der Waals surface area (Å²) in [5.41, 5.74) is 1.04. The lowest BCUT2D eigenvalue weighted by Gasteiger charge is -2.39. The second-order valence-electron chi connectivity index (χ2n) is 7.18. The molecule has 1 aromatic carbocycles. The molecule has 1 fully saturated rings. The second-order valence-corrected chi connectivity index (χ2v) is 14.8. The average Bonchev–Trinajstić information content (AvgIpc) is 2.46. The number of ether oxygens (including phenoxy) is 1. The van der Waals surface area contributed by atoms with Crippen LogP contribution in [0.3, 0.4) is 0 Å². The molecule has 0 N–H and O–H groups in total. The summed E-state index contributed by atoms with van der Waals surface area (Å²) in [7, 11) is -4.59. The Morgan fingerprint density at radius 3 is 2.45 bits per heavy atom. The fraction of sp³-hybridized carbons (Fsp3) is 0.625. The van der Waals surface area contributed by atoms with Crippen LogP contribution in [0, 0.1) is 0 Å². The maximum atomic E-state index is 12.7. The summed E-state index contributed by atoms with van der Waals surface area (Å²) >= 11 is 0. The second kappa shape index (κ2) is 6.82. The Morgan fingerprint density at radius 2 is 1.86 bits per heavy atom. The molecular weight excluding hydrogens is 314 g/mol. The van der Waals surface area contributed by atoms with Gasteiger partial charge in [0.05, 0.1) is 24.5 Å². The van der Waals surface area contributed by atoms with Crippen LogP contribution in [0.4, 0.5) is 0 Å². The van der Waals surface area contributed by atoms with E-state index in [2.05, 4.69) is 19.6 Å². The molecule has 0 bridgehead atoms. The van der Waals surface area contributed by atoms with Crippen LogP contribution in [-0.4, -0.2) is 45.7 Å². The predicted octanol–water partition coefficient (Wildman–Crippen LogP) is 3.12. The molecule has 2 atom stereocenters. The minimum atomic E-state index is -3.22. The first kappa shape index (κ1) is 17.7. The lowest BCUT2D eigenvalue weighted by molar-refractivity contribution is -0.0360. The Labute approximate surface area is 135 Å². The van der Waals surface area contributed by atoms with Gasteiger partial charge in [-0.1, -0.05) is 50.0 Å². The van der Waals surface area contributed by atoms with Gasteiger partial charge in [0, 0.05) is 14.6 Å². The number of benzene rings is 1. The molecule has 6 heteroatoms. The van der Waals surface area contributed by atoms with Crippen LogP contribution in [0.15, 0.2) is 30.3 Å². The highest BCUT2D eigenvalue weighted by Gasteiger charge is 2.37. The smallest absolute Gasteiger partial charge is 0.214 e. The van der Waals surface area contributed by atoms with E-state index in [1.165, 1.54) is 0 Å². The fourth-order valence-corrected chi connectivity index (χ4v) is 7.41. The minimum Gasteiger partial charge on any atom is -0.370 e. The standard InChI is InChI=1S/C16H27NO3SSi/c1-14-16(15-8-6-5-7-9-15)20-11-10-17(14)21(18,19)12-13-22(2,3)4/h5-9,14,16H,10-13H2,1-4H3/t14-,16-/m1/s1. The van der Waals surface area contributed by atoms with Crippen molar-refractivity contribution in [1.29, 1.82) is 0 Å². The number of nitrogens with zero attached hydrogens (tertiary/aromatic N) is 1. The van der Waals surface area contributed by atoms with E-state index < -0.39 is 18.1 Å². The molecule has 0 radical (unpaired) electrons. The zero-order valence-electron chi connectivity index (χ0n) is 14.0. The third kappa shape index (κ3) is 4.41. The Balaban J connectivity index is 2.14. The van der Waals surface area contributed by atoms with Crippen molar-refractivity contribution >= 4 is 18.1 Å². The maximum Gasteiger partial charge on any atom is 0.214 e. The third-order valence-electron chi connectivity index (χ3n) is 4.10. The van der Waals surface area contributed by atoms with Crippen LogP contribution in [-0.2, 0) is 14.8 Å². The van der Waals surface area contributed by atoms with Crippen LogP contribution in [0.2, 0.25) is 25.7 Å². The highest BCUT2D eigenvalue weighted by Crippen LogP contribution is 2.30. The molecule has 1 aliphatic heterocycles. The highest BCUT2D eigenvalue weighted by atomic mass is 32.2. The Bertz CT molecular complexity index is 583. The molecule has 0 amide bonds. The Morgan fingerprint density at radius 1 is 1.23 bits per heavy atom. The van der Waals surface area contributed by atoms with Gasteiger partial charge in [0.2, 0.25) is 10.0 Å². The molecule has 22 heavy (non-hydrogen) atoms. The molecule has 1 aliphatic rings. The van der Waals surface area contributed by atoms with E-state index >= 15 is 0 Å². The van der Waals surface area contributed by atoms with E-state index in [-0.39, 0.29) is 17.9 Å². The fourth-order valence-electron chi connectivity index (χ4n) is 2.73. The van der Waals surface area contributed by atoms with E-state index in [4.69, 9.17) is 4.74 Å². The first-order valence-electron chi connectivity index (χ1n) is 7.87. The Hall–Kier alpha value is -0.693. The number of sulfonamides is 1. The van der Waals surface area contributed by atoms with E-state index in [9.17, 15) is 8.42 Å². The van der Waals surface area contributed by atoms with Gasteiger partial charge in [-0.3, -0.25) is 0 Å². The van der Waals surface area contributed by atoms with Gasteiger partial charge < -0.3 is 4.74 Å². The van der Waals surface area contributed by atoms with Crippen LogP contribution < -0.4 is 0 Å². The normalized spacial score (nSPS) is 24.4. The molecule has 0 unspecified atom stereocenters. The number of hydrogen-bond acceptors (Lipinski definition) is 3. The van der Waals surface area contributed by atoms with Gasteiger partial charge in [0.25, 0.3) is 0 Å². The van der Waals surface area contributed by atoms with Crippen LogP contribution in [0.25, 0.3) is 0 Å². The molecule has 0 spiro atoms. The molecule has 1 heterocycles. The lowest BCUT2D eigenvalue weighted by atomic mass is 10.0. The largest absolute Gasteiger partial charge is 0.370 e.